The van der Waals surface area contributed by atoms with E-state index < -0.39 is 5.54 Å². The van der Waals surface area contributed by atoms with E-state index in [9.17, 15) is 9.65 Å². The third-order valence-electron chi connectivity index (χ3n) is 4.46. The van der Waals surface area contributed by atoms with Gasteiger partial charge in [-0.05, 0) is 68.2 Å². The van der Waals surface area contributed by atoms with Gasteiger partial charge in [-0.15, -0.1) is 0 Å². The van der Waals surface area contributed by atoms with Gasteiger partial charge in [-0.2, -0.15) is 5.26 Å². The van der Waals surface area contributed by atoms with Crippen LogP contribution >= 0.6 is 0 Å². The molecule has 2 aliphatic rings. The molecule has 1 aromatic carbocycles. The van der Waals surface area contributed by atoms with Gasteiger partial charge < -0.3 is 5.32 Å². The van der Waals surface area contributed by atoms with E-state index in [0.717, 1.165) is 30.5 Å². The van der Waals surface area contributed by atoms with E-state index in [1.807, 2.05) is 13.0 Å². The maximum Gasteiger partial charge on any atom is 0.128 e. The van der Waals surface area contributed by atoms with Crippen molar-refractivity contribution in [1.82, 2.24) is 0 Å². The first-order valence-corrected chi connectivity index (χ1v) is 6.58. The van der Waals surface area contributed by atoms with Crippen LogP contribution in [0.5, 0.6) is 0 Å². The number of rotatable bonds is 2. The van der Waals surface area contributed by atoms with Crippen molar-refractivity contribution in [3.8, 4) is 6.07 Å². The molecule has 18 heavy (non-hydrogen) atoms. The van der Waals surface area contributed by atoms with Crippen molar-refractivity contribution >= 4 is 5.69 Å². The van der Waals surface area contributed by atoms with Gasteiger partial charge in [-0.25, -0.2) is 4.39 Å². The highest BCUT2D eigenvalue weighted by molar-refractivity contribution is 5.51. The summed E-state index contributed by atoms with van der Waals surface area (Å²) in [6.45, 7) is 1.87. The number of hydrogen-bond donors (Lipinski definition) is 1. The van der Waals surface area contributed by atoms with Crippen LogP contribution in [0.25, 0.3) is 0 Å². The summed E-state index contributed by atoms with van der Waals surface area (Å²) in [5.41, 5.74) is 1.15. The van der Waals surface area contributed by atoms with Gasteiger partial charge in [0.25, 0.3) is 0 Å². The molecule has 2 fully saturated rings. The van der Waals surface area contributed by atoms with Crippen LogP contribution < -0.4 is 5.32 Å². The van der Waals surface area contributed by atoms with Gasteiger partial charge in [-0.3, -0.25) is 0 Å². The van der Waals surface area contributed by atoms with E-state index in [4.69, 9.17) is 0 Å². The fraction of sp³-hybridized carbons (Fsp3) is 0.533. The molecular weight excluding hydrogens is 227 g/mol. The van der Waals surface area contributed by atoms with Crippen LogP contribution in [-0.4, -0.2) is 5.54 Å². The Balaban J connectivity index is 1.89. The SMILES string of the molecule is Cc1cc(F)cc(NC2(C#N)CC3CCC2C3)c1. The van der Waals surface area contributed by atoms with Crippen molar-refractivity contribution < 1.29 is 4.39 Å². The van der Waals surface area contributed by atoms with Crippen molar-refractivity contribution in [1.29, 1.82) is 5.26 Å². The molecule has 0 heterocycles. The standard InChI is InChI=1S/C15H17FN2/c1-10-4-13(16)7-14(5-10)18-15(9-17)8-11-2-3-12(15)6-11/h4-5,7,11-12,18H,2-3,6,8H2,1H3. The third kappa shape index (κ3) is 1.77. The molecule has 1 aromatic rings. The number of halogens is 1. The molecule has 0 amide bonds. The minimum absolute atomic E-state index is 0.242. The summed E-state index contributed by atoms with van der Waals surface area (Å²) < 4.78 is 13.4. The maximum atomic E-state index is 13.4. The van der Waals surface area contributed by atoms with E-state index in [2.05, 4.69) is 11.4 Å². The van der Waals surface area contributed by atoms with Gasteiger partial charge in [0.05, 0.1) is 6.07 Å². The average molecular weight is 244 g/mol. The largest absolute Gasteiger partial charge is 0.367 e. The van der Waals surface area contributed by atoms with Crippen molar-refractivity contribution in [2.45, 2.75) is 38.1 Å². The summed E-state index contributed by atoms with van der Waals surface area (Å²) in [4.78, 5) is 0. The van der Waals surface area contributed by atoms with E-state index >= 15 is 0 Å². The van der Waals surface area contributed by atoms with Crippen LogP contribution in [-0.2, 0) is 0 Å². The van der Waals surface area contributed by atoms with Crippen LogP contribution in [0.3, 0.4) is 0 Å². The molecule has 1 N–H and O–H groups in total. The Hall–Kier alpha value is -1.56. The number of nitriles is 1. The molecule has 3 unspecified atom stereocenters. The molecule has 0 saturated heterocycles. The maximum absolute atomic E-state index is 13.4. The van der Waals surface area contributed by atoms with Crippen LogP contribution in [0.15, 0.2) is 18.2 Å². The summed E-state index contributed by atoms with van der Waals surface area (Å²) in [6, 6.07) is 7.36. The molecule has 2 aliphatic carbocycles. The highest BCUT2D eigenvalue weighted by Crippen LogP contribution is 2.51. The Bertz CT molecular complexity index is 499. The number of anilines is 1. The molecule has 0 spiro atoms. The van der Waals surface area contributed by atoms with Crippen LogP contribution in [0, 0.1) is 35.9 Å². The van der Waals surface area contributed by atoms with E-state index in [0.29, 0.717) is 11.8 Å². The third-order valence-corrected chi connectivity index (χ3v) is 4.46. The zero-order valence-corrected chi connectivity index (χ0v) is 10.5. The average Bonchev–Trinajstić information content (AvgIpc) is 2.88. The Morgan fingerprint density at radius 2 is 2.22 bits per heavy atom. The summed E-state index contributed by atoms with van der Waals surface area (Å²) in [5, 5.41) is 12.8. The second kappa shape index (κ2) is 3.98. The molecular formula is C15H17FN2. The van der Waals surface area contributed by atoms with E-state index in [1.54, 1.807) is 0 Å². The number of nitrogens with one attached hydrogen (secondary N) is 1. The smallest absolute Gasteiger partial charge is 0.128 e. The number of hydrogen-bond acceptors (Lipinski definition) is 2. The molecule has 2 nitrogen and oxygen atoms in total. The minimum atomic E-state index is -0.469. The van der Waals surface area contributed by atoms with Crippen LogP contribution in [0.4, 0.5) is 10.1 Å². The minimum Gasteiger partial charge on any atom is -0.367 e. The second-order valence-electron chi connectivity index (χ2n) is 5.81. The predicted molar refractivity (Wildman–Crippen MR) is 68.6 cm³/mol. The first kappa shape index (κ1) is 11.5. The predicted octanol–water partition coefficient (Wildman–Crippen LogP) is 3.63. The van der Waals surface area contributed by atoms with Crippen molar-refractivity contribution in [2.24, 2.45) is 11.8 Å². The number of nitrogens with zero attached hydrogens (tertiary/aromatic N) is 1. The Morgan fingerprint density at radius 1 is 1.39 bits per heavy atom. The topological polar surface area (TPSA) is 35.8 Å². The molecule has 3 rings (SSSR count). The Labute approximate surface area is 107 Å². The lowest BCUT2D eigenvalue weighted by Crippen LogP contribution is -2.42. The van der Waals surface area contributed by atoms with Crippen molar-refractivity contribution in [3.63, 3.8) is 0 Å². The zero-order valence-electron chi connectivity index (χ0n) is 10.5. The van der Waals surface area contributed by atoms with Gasteiger partial charge in [0.2, 0.25) is 0 Å². The number of benzene rings is 1. The van der Waals surface area contributed by atoms with E-state index in [1.165, 1.54) is 18.6 Å². The molecule has 0 radical (unpaired) electrons. The molecule has 3 heteroatoms. The van der Waals surface area contributed by atoms with Crippen molar-refractivity contribution in [2.75, 3.05) is 5.32 Å². The molecule has 2 bridgehead atoms. The molecule has 94 valence electrons. The lowest BCUT2D eigenvalue weighted by Gasteiger charge is -2.33. The molecule has 2 saturated carbocycles. The van der Waals surface area contributed by atoms with Gasteiger partial charge in [-0.1, -0.05) is 0 Å². The first-order valence-electron chi connectivity index (χ1n) is 6.58. The van der Waals surface area contributed by atoms with E-state index in [-0.39, 0.29) is 5.82 Å². The Kier molecular flexibility index (Phi) is 2.55. The van der Waals surface area contributed by atoms with Gasteiger partial charge in [0.1, 0.15) is 11.4 Å². The lowest BCUT2D eigenvalue weighted by molar-refractivity contribution is 0.368. The molecule has 0 aliphatic heterocycles. The van der Waals surface area contributed by atoms with Gasteiger partial charge in [0, 0.05) is 5.69 Å². The summed E-state index contributed by atoms with van der Waals surface area (Å²) >= 11 is 0. The molecule has 3 atom stereocenters. The van der Waals surface area contributed by atoms with Crippen LogP contribution in [0.1, 0.15) is 31.2 Å². The lowest BCUT2D eigenvalue weighted by atomic mass is 9.82. The quantitative estimate of drug-likeness (QED) is 0.862. The second-order valence-corrected chi connectivity index (χ2v) is 5.81. The summed E-state index contributed by atoms with van der Waals surface area (Å²) in [7, 11) is 0. The highest BCUT2D eigenvalue weighted by atomic mass is 19.1. The monoisotopic (exact) mass is 244 g/mol. The van der Waals surface area contributed by atoms with Gasteiger partial charge >= 0.3 is 0 Å². The molecule has 0 aromatic heterocycles. The Morgan fingerprint density at radius 3 is 2.78 bits per heavy atom. The number of aryl methyl sites for hydroxylation is 1. The number of fused-ring (bicyclic) bond motifs is 2. The summed E-state index contributed by atoms with van der Waals surface area (Å²) in [5.74, 6) is 0.863. The first-order chi connectivity index (χ1) is 8.61. The van der Waals surface area contributed by atoms with Crippen LogP contribution in [0.2, 0.25) is 0 Å². The van der Waals surface area contributed by atoms with Gasteiger partial charge in [0.15, 0.2) is 0 Å². The fourth-order valence-electron chi connectivity index (χ4n) is 3.71. The van der Waals surface area contributed by atoms with Crippen molar-refractivity contribution in [3.05, 3.63) is 29.6 Å². The summed E-state index contributed by atoms with van der Waals surface area (Å²) in [6.07, 6.45) is 4.43. The fourth-order valence-corrected chi connectivity index (χ4v) is 3.71. The highest BCUT2D eigenvalue weighted by Gasteiger charge is 2.51. The normalized spacial score (nSPS) is 33.4. The zero-order chi connectivity index (χ0) is 12.8.